The maximum absolute atomic E-state index is 5.55. The van der Waals surface area contributed by atoms with Crippen LogP contribution in [-0.4, -0.2) is 35.1 Å². The van der Waals surface area contributed by atoms with Gasteiger partial charge in [-0.05, 0) is 46.2 Å². The maximum atomic E-state index is 5.55. The summed E-state index contributed by atoms with van der Waals surface area (Å²) >= 11 is 0. The number of rotatable bonds is 9. The summed E-state index contributed by atoms with van der Waals surface area (Å²) in [5, 5.41) is 8.24. The molecular formula is C16H31N3O. The van der Waals surface area contributed by atoms with Crippen molar-refractivity contribution in [2.24, 2.45) is 0 Å². The van der Waals surface area contributed by atoms with Gasteiger partial charge >= 0.3 is 0 Å². The third kappa shape index (κ3) is 5.25. The van der Waals surface area contributed by atoms with E-state index in [4.69, 9.17) is 9.84 Å². The van der Waals surface area contributed by atoms with Crippen molar-refractivity contribution in [1.29, 1.82) is 0 Å². The van der Waals surface area contributed by atoms with E-state index >= 15 is 0 Å². The molecule has 0 saturated carbocycles. The van der Waals surface area contributed by atoms with Crippen molar-refractivity contribution >= 4 is 0 Å². The monoisotopic (exact) mass is 281 g/mol. The predicted octanol–water partition coefficient (Wildman–Crippen LogP) is 3.19. The fraction of sp³-hybridized carbons (Fsp3) is 0.812. The Kier molecular flexibility index (Phi) is 6.69. The van der Waals surface area contributed by atoms with Crippen LogP contribution in [0.2, 0.25) is 0 Å². The van der Waals surface area contributed by atoms with Crippen LogP contribution in [0.1, 0.15) is 59.2 Å². The first-order valence-corrected chi connectivity index (χ1v) is 7.74. The summed E-state index contributed by atoms with van der Waals surface area (Å²) in [5.41, 5.74) is 1.05. The third-order valence-electron chi connectivity index (χ3n) is 3.94. The largest absolute Gasteiger partial charge is 0.379 e. The van der Waals surface area contributed by atoms with Crippen molar-refractivity contribution in [3.63, 3.8) is 0 Å². The van der Waals surface area contributed by atoms with E-state index in [1.54, 1.807) is 7.11 Å². The molecule has 0 aliphatic heterocycles. The Morgan fingerprint density at radius 3 is 2.65 bits per heavy atom. The van der Waals surface area contributed by atoms with Gasteiger partial charge in [0.2, 0.25) is 0 Å². The molecule has 0 saturated heterocycles. The van der Waals surface area contributed by atoms with E-state index in [-0.39, 0.29) is 5.60 Å². The Labute approximate surface area is 123 Å². The minimum Gasteiger partial charge on any atom is -0.379 e. The lowest BCUT2D eigenvalue weighted by Crippen LogP contribution is -2.39. The SMILES string of the molecule is CCNC(Cc1ccn(C(C)CC)n1)CC(C)(C)OC. The summed E-state index contributed by atoms with van der Waals surface area (Å²) in [5.74, 6) is 0. The van der Waals surface area contributed by atoms with Gasteiger partial charge in [0.05, 0.1) is 11.3 Å². The minimum atomic E-state index is -0.105. The highest BCUT2D eigenvalue weighted by Crippen LogP contribution is 2.18. The van der Waals surface area contributed by atoms with Gasteiger partial charge in [-0.25, -0.2) is 0 Å². The summed E-state index contributed by atoms with van der Waals surface area (Å²) in [7, 11) is 1.78. The summed E-state index contributed by atoms with van der Waals surface area (Å²) in [4.78, 5) is 0. The van der Waals surface area contributed by atoms with Gasteiger partial charge < -0.3 is 10.1 Å². The second kappa shape index (κ2) is 7.79. The molecule has 1 aromatic rings. The predicted molar refractivity (Wildman–Crippen MR) is 84.1 cm³/mol. The van der Waals surface area contributed by atoms with Crippen molar-refractivity contribution < 1.29 is 4.74 Å². The van der Waals surface area contributed by atoms with Crippen LogP contribution in [0.3, 0.4) is 0 Å². The molecule has 0 aliphatic rings. The zero-order chi connectivity index (χ0) is 15.2. The molecule has 0 fully saturated rings. The number of hydrogen-bond donors (Lipinski definition) is 1. The summed E-state index contributed by atoms with van der Waals surface area (Å²) in [6.45, 7) is 11.8. The molecule has 0 amide bonds. The standard InChI is InChI=1S/C16H31N3O/c1-7-13(3)19-10-9-14(18-19)11-15(17-8-2)12-16(4,5)20-6/h9-10,13,15,17H,7-8,11-12H2,1-6H3. The molecule has 2 unspecified atom stereocenters. The summed E-state index contributed by atoms with van der Waals surface area (Å²) < 4.78 is 7.62. The fourth-order valence-electron chi connectivity index (χ4n) is 2.35. The van der Waals surface area contributed by atoms with Crippen LogP contribution in [0.25, 0.3) is 0 Å². The molecule has 4 nitrogen and oxygen atoms in total. The number of nitrogens with one attached hydrogen (secondary N) is 1. The first kappa shape index (κ1) is 17.2. The van der Waals surface area contributed by atoms with Gasteiger partial charge in [0.25, 0.3) is 0 Å². The lowest BCUT2D eigenvalue weighted by Gasteiger charge is -2.28. The van der Waals surface area contributed by atoms with Crippen molar-refractivity contribution in [3.8, 4) is 0 Å². The van der Waals surface area contributed by atoms with Gasteiger partial charge in [-0.3, -0.25) is 4.68 Å². The van der Waals surface area contributed by atoms with Gasteiger partial charge in [-0.15, -0.1) is 0 Å². The maximum Gasteiger partial charge on any atom is 0.0640 e. The van der Waals surface area contributed by atoms with Gasteiger partial charge in [0.15, 0.2) is 0 Å². The second-order valence-corrected chi connectivity index (χ2v) is 6.17. The van der Waals surface area contributed by atoms with Crippen LogP contribution in [0.4, 0.5) is 0 Å². The molecule has 4 heteroatoms. The molecule has 2 atom stereocenters. The number of nitrogens with zero attached hydrogens (tertiary/aromatic N) is 2. The quantitative estimate of drug-likeness (QED) is 0.755. The molecule has 1 heterocycles. The number of ether oxygens (including phenoxy) is 1. The molecular weight excluding hydrogens is 250 g/mol. The molecule has 0 aliphatic carbocycles. The molecule has 20 heavy (non-hydrogen) atoms. The molecule has 0 bridgehead atoms. The fourth-order valence-corrected chi connectivity index (χ4v) is 2.35. The van der Waals surface area contributed by atoms with Crippen LogP contribution in [-0.2, 0) is 11.2 Å². The Bertz CT molecular complexity index is 387. The summed E-state index contributed by atoms with van der Waals surface area (Å²) in [6, 6.07) is 3.00. The highest BCUT2D eigenvalue weighted by atomic mass is 16.5. The van der Waals surface area contributed by atoms with Crippen molar-refractivity contribution in [2.75, 3.05) is 13.7 Å². The first-order chi connectivity index (χ1) is 9.41. The van der Waals surface area contributed by atoms with E-state index in [1.165, 1.54) is 0 Å². The lowest BCUT2D eigenvalue weighted by atomic mass is 9.95. The van der Waals surface area contributed by atoms with Gasteiger partial charge in [-0.2, -0.15) is 5.10 Å². The van der Waals surface area contributed by atoms with Gasteiger partial charge in [-0.1, -0.05) is 13.8 Å². The number of aromatic nitrogens is 2. The molecule has 1 aromatic heterocycles. The smallest absolute Gasteiger partial charge is 0.0640 e. The normalized spacial score (nSPS) is 15.3. The van der Waals surface area contributed by atoms with E-state index in [1.807, 2.05) is 0 Å². The average Bonchev–Trinajstić information content (AvgIpc) is 2.86. The van der Waals surface area contributed by atoms with E-state index < -0.39 is 0 Å². The average molecular weight is 281 g/mol. The third-order valence-corrected chi connectivity index (χ3v) is 3.94. The number of hydrogen-bond acceptors (Lipinski definition) is 3. The zero-order valence-corrected chi connectivity index (χ0v) is 13.9. The topological polar surface area (TPSA) is 39.1 Å². The summed E-state index contributed by atoms with van der Waals surface area (Å²) in [6.07, 6.45) is 5.13. The molecule has 1 rings (SSSR count). The first-order valence-electron chi connectivity index (χ1n) is 7.74. The number of methoxy groups -OCH3 is 1. The highest BCUT2D eigenvalue weighted by molar-refractivity contribution is 5.03. The molecule has 0 radical (unpaired) electrons. The zero-order valence-electron chi connectivity index (χ0n) is 13.9. The number of likely N-dealkylation sites (N-methyl/N-ethyl adjacent to an activating group) is 1. The second-order valence-electron chi connectivity index (χ2n) is 6.17. The Balaban J connectivity index is 2.68. The van der Waals surface area contributed by atoms with Gasteiger partial charge in [0.1, 0.15) is 0 Å². The lowest BCUT2D eigenvalue weighted by molar-refractivity contribution is 0.00718. The van der Waals surface area contributed by atoms with E-state index in [9.17, 15) is 0 Å². The molecule has 0 spiro atoms. The van der Waals surface area contributed by atoms with Crippen molar-refractivity contribution in [3.05, 3.63) is 18.0 Å². The van der Waals surface area contributed by atoms with Crippen LogP contribution in [0, 0.1) is 0 Å². The Morgan fingerprint density at radius 2 is 2.10 bits per heavy atom. The van der Waals surface area contributed by atoms with E-state index in [0.717, 1.165) is 31.5 Å². The van der Waals surface area contributed by atoms with Gasteiger partial charge in [0, 0.05) is 31.8 Å². The van der Waals surface area contributed by atoms with Crippen molar-refractivity contribution in [2.45, 2.75) is 71.6 Å². The van der Waals surface area contributed by atoms with E-state index in [2.05, 4.69) is 56.9 Å². The minimum absolute atomic E-state index is 0.105. The van der Waals surface area contributed by atoms with Crippen LogP contribution in [0.15, 0.2) is 12.3 Å². The van der Waals surface area contributed by atoms with Crippen molar-refractivity contribution in [1.82, 2.24) is 15.1 Å². The van der Waals surface area contributed by atoms with E-state index in [0.29, 0.717) is 12.1 Å². The van der Waals surface area contributed by atoms with Crippen LogP contribution in [0.5, 0.6) is 0 Å². The van der Waals surface area contributed by atoms with Crippen LogP contribution < -0.4 is 5.32 Å². The van der Waals surface area contributed by atoms with Crippen LogP contribution >= 0.6 is 0 Å². The highest BCUT2D eigenvalue weighted by Gasteiger charge is 2.23. The molecule has 116 valence electrons. The molecule has 0 aromatic carbocycles. The Morgan fingerprint density at radius 1 is 1.40 bits per heavy atom. The Hall–Kier alpha value is -0.870. The molecule has 1 N–H and O–H groups in total.